The maximum atomic E-state index is 6.35. The van der Waals surface area contributed by atoms with Gasteiger partial charge in [-0.1, -0.05) is 140 Å². The number of benzene rings is 10. The summed E-state index contributed by atoms with van der Waals surface area (Å²) in [6, 6.07) is 76.0. The van der Waals surface area contributed by atoms with Gasteiger partial charge in [0.25, 0.3) is 0 Å². The van der Waals surface area contributed by atoms with E-state index in [1.165, 1.54) is 0 Å². The molecular weight excluding hydrogens is 1090 g/mol. The quantitative estimate of drug-likeness (QED) is 0.115. The summed E-state index contributed by atoms with van der Waals surface area (Å²) in [5, 5.41) is 6.49. The second-order valence-corrected chi connectivity index (χ2v) is 22.4. The molecule has 0 N–H and O–H groups in total. The van der Waals surface area contributed by atoms with Crippen LogP contribution in [-0.2, 0) is 9.31 Å². The van der Waals surface area contributed by atoms with Gasteiger partial charge in [0.1, 0.15) is 33.4 Å². The second-order valence-electron chi connectivity index (χ2n) is 22.1. The van der Waals surface area contributed by atoms with Crippen LogP contribution in [0, 0.1) is 0 Å². The van der Waals surface area contributed by atoms with Crippen LogP contribution >= 0.6 is 11.6 Å². The zero-order valence-electron chi connectivity index (χ0n) is 47.0. The Morgan fingerprint density at radius 3 is 1.35 bits per heavy atom. The zero-order chi connectivity index (χ0) is 58.1. The van der Waals surface area contributed by atoms with Gasteiger partial charge in [0, 0.05) is 60.1 Å². The normalized spacial score (nSPS) is 13.7. The van der Waals surface area contributed by atoms with Gasteiger partial charge in [0.2, 0.25) is 17.1 Å². The molecule has 1 fully saturated rings. The molecule has 86 heavy (non-hydrogen) atoms. The average molecular weight is 1140 g/mol. The fraction of sp³-hybridized carbons (Fsp3) is 0.0833. The Bertz CT molecular complexity index is 5240. The summed E-state index contributed by atoms with van der Waals surface area (Å²) in [5.74, 6) is 1.84. The van der Waals surface area contributed by atoms with Gasteiger partial charge in [-0.15, -0.1) is 0 Å². The van der Waals surface area contributed by atoms with Gasteiger partial charge in [-0.25, -0.2) is 29.9 Å². The van der Waals surface area contributed by atoms with Crippen molar-refractivity contribution in [3.8, 4) is 56.8 Å². The van der Waals surface area contributed by atoms with Crippen molar-refractivity contribution < 1.29 is 27.0 Å². The van der Waals surface area contributed by atoms with Crippen LogP contribution in [0.3, 0.4) is 0 Å². The molecule has 7 heterocycles. The van der Waals surface area contributed by atoms with Gasteiger partial charge in [-0.2, -0.15) is 0 Å². The maximum absolute atomic E-state index is 6.35. The van der Waals surface area contributed by atoms with E-state index in [1.54, 1.807) is 0 Å². The first kappa shape index (κ1) is 52.5. The third-order valence-electron chi connectivity index (χ3n) is 16.1. The maximum Gasteiger partial charge on any atom is 0.494 e. The van der Waals surface area contributed by atoms with Crippen LogP contribution in [0.1, 0.15) is 27.7 Å². The lowest BCUT2D eigenvalue weighted by atomic mass is 9.79. The third kappa shape index (κ3) is 9.48. The van der Waals surface area contributed by atoms with Crippen LogP contribution in [0.15, 0.2) is 248 Å². The first-order valence-electron chi connectivity index (χ1n) is 28.3. The number of hydrogen-bond acceptors (Lipinski definition) is 12. The van der Waals surface area contributed by atoms with Crippen molar-refractivity contribution in [1.82, 2.24) is 29.9 Å². The predicted molar refractivity (Wildman–Crippen MR) is 343 cm³/mol. The highest BCUT2D eigenvalue weighted by molar-refractivity contribution is 6.62. The van der Waals surface area contributed by atoms with Gasteiger partial charge in [-0.05, 0) is 136 Å². The van der Waals surface area contributed by atoms with E-state index in [-0.39, 0.29) is 16.5 Å². The van der Waals surface area contributed by atoms with Crippen molar-refractivity contribution in [1.29, 1.82) is 0 Å². The number of hydrogen-bond donors (Lipinski definition) is 0. The SMILES string of the molecule is CC1(C)OB(c2ccc3oc(-c4ccccc4)nc3c2)OC1(C)C.Clc1nc(-c2cccc3c2oc2ccccc23)c2ccccc2n1.c1ccc(-c2nc3cc(-c4nc(-c5cccc6c5oc5ccccc56)c5ccccc5n4)ccc3o2)cc1. The molecule has 0 spiro atoms. The highest BCUT2D eigenvalue weighted by Gasteiger charge is 2.51. The fourth-order valence-electron chi connectivity index (χ4n) is 11.1. The lowest BCUT2D eigenvalue weighted by Crippen LogP contribution is -2.41. The number of aromatic nitrogens is 6. The van der Waals surface area contributed by atoms with E-state index in [0.717, 1.165) is 133 Å². The predicted octanol–water partition coefficient (Wildman–Crippen LogP) is 18.3. The first-order valence-corrected chi connectivity index (χ1v) is 28.6. The summed E-state index contributed by atoms with van der Waals surface area (Å²) in [5.41, 5.74) is 14.6. The van der Waals surface area contributed by atoms with Crippen LogP contribution in [-0.4, -0.2) is 48.2 Å². The molecule has 0 unspecified atom stereocenters. The van der Waals surface area contributed by atoms with E-state index in [4.69, 9.17) is 53.5 Å². The molecule has 14 heteroatoms. The first-order chi connectivity index (χ1) is 42.0. The van der Waals surface area contributed by atoms with Crippen LogP contribution < -0.4 is 5.46 Å². The minimum Gasteiger partial charge on any atom is -0.455 e. The highest BCUT2D eigenvalue weighted by atomic mass is 35.5. The molecule has 6 aromatic heterocycles. The molecule has 1 aliphatic rings. The lowest BCUT2D eigenvalue weighted by molar-refractivity contribution is 0.00578. The second kappa shape index (κ2) is 21.1. The summed E-state index contributed by atoms with van der Waals surface area (Å²) in [6.45, 7) is 8.20. The molecule has 0 radical (unpaired) electrons. The minimum atomic E-state index is -0.392. The molecule has 414 valence electrons. The molecule has 17 rings (SSSR count). The monoisotopic (exact) mass is 1140 g/mol. The number of furan rings is 2. The number of rotatable bonds is 6. The average Bonchev–Trinajstić information content (AvgIpc) is 1.71. The van der Waals surface area contributed by atoms with Crippen molar-refractivity contribution in [2.24, 2.45) is 0 Å². The van der Waals surface area contributed by atoms with Gasteiger partial charge in [0.15, 0.2) is 17.0 Å². The Morgan fingerprint density at radius 1 is 0.337 bits per heavy atom. The van der Waals surface area contributed by atoms with Gasteiger partial charge >= 0.3 is 7.12 Å². The van der Waals surface area contributed by atoms with Crippen molar-refractivity contribution in [3.05, 3.63) is 236 Å². The lowest BCUT2D eigenvalue weighted by Gasteiger charge is -2.32. The van der Waals surface area contributed by atoms with E-state index < -0.39 is 7.12 Å². The van der Waals surface area contributed by atoms with Crippen molar-refractivity contribution in [3.63, 3.8) is 0 Å². The Kier molecular flexibility index (Phi) is 12.9. The van der Waals surface area contributed by atoms with Crippen molar-refractivity contribution >= 4 is 112 Å². The topological polar surface area (TPSA) is 148 Å². The number of halogens is 1. The molecule has 0 atom stereocenters. The molecule has 16 aromatic rings. The summed E-state index contributed by atoms with van der Waals surface area (Å²) in [4.78, 5) is 28.2. The molecule has 10 aromatic carbocycles. The number of fused-ring (bicyclic) bond motifs is 10. The summed E-state index contributed by atoms with van der Waals surface area (Å²) in [6.07, 6.45) is 0. The number of para-hydroxylation sites is 6. The molecule has 0 saturated carbocycles. The van der Waals surface area contributed by atoms with E-state index in [1.807, 2.05) is 188 Å². The Labute approximate surface area is 497 Å². The number of oxazole rings is 2. The Balaban J connectivity index is 0.000000114. The summed E-state index contributed by atoms with van der Waals surface area (Å²) in [7, 11) is -0.392. The zero-order valence-corrected chi connectivity index (χ0v) is 47.8. The molecular formula is C72H50BClN6O6. The van der Waals surface area contributed by atoms with Crippen LogP contribution in [0.25, 0.3) is 145 Å². The van der Waals surface area contributed by atoms with E-state index in [0.29, 0.717) is 17.6 Å². The van der Waals surface area contributed by atoms with Gasteiger partial charge in [0.05, 0.1) is 33.6 Å². The minimum absolute atomic E-state index is 0.233. The van der Waals surface area contributed by atoms with E-state index in [9.17, 15) is 0 Å². The van der Waals surface area contributed by atoms with E-state index >= 15 is 0 Å². The Morgan fingerprint density at radius 2 is 0.791 bits per heavy atom. The van der Waals surface area contributed by atoms with Crippen LogP contribution in [0.2, 0.25) is 5.28 Å². The third-order valence-corrected chi connectivity index (χ3v) is 16.3. The molecule has 0 bridgehead atoms. The molecule has 0 aliphatic carbocycles. The standard InChI is InChI=1S/C33H19N3O2.C20H11ClN2O.C19H20BNO3/c1-2-9-20(10-3-1)33-35-27-19-21(17-18-29(27)38-33)32-34-26-15-6-4-12-24(26)30(36-32)25-14-8-13-23-22-11-5-7-16-28(22)37-31(23)25;21-20-22-16-10-3-1-7-14(16)18(23-20)15-9-5-8-13-12-6-2-4-11-17(12)24-19(13)15;1-18(2)19(3,4)24-20(23-18)14-10-11-16-15(12-14)21-17(22-16)13-8-6-5-7-9-13/h1-19H;1-11H;5-12H,1-4H3. The molecule has 0 amide bonds. The molecule has 1 saturated heterocycles. The Hall–Kier alpha value is -10.3. The highest BCUT2D eigenvalue weighted by Crippen LogP contribution is 2.41. The van der Waals surface area contributed by atoms with Crippen molar-refractivity contribution in [2.75, 3.05) is 0 Å². The smallest absolute Gasteiger partial charge is 0.455 e. The largest absolute Gasteiger partial charge is 0.494 e. The molecule has 12 nitrogen and oxygen atoms in total. The van der Waals surface area contributed by atoms with Gasteiger partial charge < -0.3 is 27.0 Å². The van der Waals surface area contributed by atoms with E-state index in [2.05, 4.69) is 85.1 Å². The van der Waals surface area contributed by atoms with Crippen LogP contribution in [0.5, 0.6) is 0 Å². The number of nitrogens with zero attached hydrogens (tertiary/aromatic N) is 6. The van der Waals surface area contributed by atoms with Gasteiger partial charge in [-0.3, -0.25) is 0 Å². The fourth-order valence-corrected chi connectivity index (χ4v) is 11.3. The van der Waals surface area contributed by atoms with Crippen LogP contribution in [0.4, 0.5) is 0 Å². The molecule has 1 aliphatic heterocycles. The van der Waals surface area contributed by atoms with Crippen molar-refractivity contribution in [2.45, 2.75) is 38.9 Å². The summed E-state index contributed by atoms with van der Waals surface area (Å²) >= 11 is 6.15. The summed E-state index contributed by atoms with van der Waals surface area (Å²) < 4.78 is 36.6.